The van der Waals surface area contributed by atoms with Crippen LogP contribution in [0.15, 0.2) is 88.5 Å². The third-order valence-electron chi connectivity index (χ3n) is 4.93. The average molecular weight is 478 g/mol. The highest BCUT2D eigenvalue weighted by Gasteiger charge is 2.16. The van der Waals surface area contributed by atoms with Gasteiger partial charge in [0.1, 0.15) is 5.70 Å². The van der Waals surface area contributed by atoms with E-state index in [-0.39, 0.29) is 22.7 Å². The molecular weight excluding hydrogens is 461 g/mol. The van der Waals surface area contributed by atoms with Crippen LogP contribution in [0.3, 0.4) is 0 Å². The Bertz CT molecular complexity index is 1400. The largest absolute Gasteiger partial charge is 0.352 e. The molecular formula is C25H17Cl2N3O3. The molecule has 0 atom stereocenters. The van der Waals surface area contributed by atoms with Gasteiger partial charge in [0.15, 0.2) is 5.78 Å². The van der Waals surface area contributed by atoms with Crippen molar-refractivity contribution >= 4 is 40.8 Å². The molecule has 0 bridgehead atoms. The van der Waals surface area contributed by atoms with Crippen LogP contribution in [0.5, 0.6) is 0 Å². The van der Waals surface area contributed by atoms with Crippen LogP contribution in [0.25, 0.3) is 0 Å². The van der Waals surface area contributed by atoms with Crippen molar-refractivity contribution < 1.29 is 14.4 Å². The lowest BCUT2D eigenvalue weighted by Crippen LogP contribution is -2.34. The zero-order valence-electron chi connectivity index (χ0n) is 17.2. The first-order chi connectivity index (χ1) is 15.9. The van der Waals surface area contributed by atoms with Gasteiger partial charge in [0, 0.05) is 33.8 Å². The maximum Gasteiger partial charge on any atom is 0.296 e. The predicted molar refractivity (Wildman–Crippen MR) is 125 cm³/mol. The Kier molecular flexibility index (Phi) is 6.77. The van der Waals surface area contributed by atoms with Crippen LogP contribution in [0.2, 0.25) is 10.0 Å². The van der Waals surface area contributed by atoms with Crippen molar-refractivity contribution in [3.05, 3.63) is 116 Å². The average Bonchev–Trinajstić information content (AvgIpc) is 2.81. The van der Waals surface area contributed by atoms with E-state index in [1.54, 1.807) is 48.5 Å². The minimum atomic E-state index is -0.648. The van der Waals surface area contributed by atoms with Gasteiger partial charge in [-0.1, -0.05) is 35.3 Å². The van der Waals surface area contributed by atoms with E-state index in [0.717, 1.165) is 11.6 Å². The fourth-order valence-corrected chi connectivity index (χ4v) is 3.43. The Morgan fingerprint density at radius 1 is 0.818 bits per heavy atom. The van der Waals surface area contributed by atoms with E-state index < -0.39 is 5.91 Å². The second-order valence-corrected chi connectivity index (χ2v) is 8.14. The van der Waals surface area contributed by atoms with Crippen molar-refractivity contribution in [1.29, 1.82) is 0 Å². The smallest absolute Gasteiger partial charge is 0.296 e. The van der Waals surface area contributed by atoms with Gasteiger partial charge >= 0.3 is 0 Å². The number of fused-ring (bicyclic) bond motifs is 1. The van der Waals surface area contributed by atoms with Gasteiger partial charge in [0.2, 0.25) is 0 Å². The van der Waals surface area contributed by atoms with E-state index in [4.69, 9.17) is 23.2 Å². The minimum Gasteiger partial charge on any atom is -0.352 e. The molecule has 0 aromatic heterocycles. The Balaban J connectivity index is 1.47. The molecule has 1 heterocycles. The second kappa shape index (κ2) is 9.90. The summed E-state index contributed by atoms with van der Waals surface area (Å²) in [5.41, 5.74) is 1.73. The normalized spacial score (nSPS) is 13.6. The van der Waals surface area contributed by atoms with Crippen molar-refractivity contribution in [3.63, 3.8) is 0 Å². The van der Waals surface area contributed by atoms with Crippen LogP contribution in [-0.4, -0.2) is 24.1 Å². The molecule has 0 unspecified atom stereocenters. The Hall–Kier alpha value is -3.61. The van der Waals surface area contributed by atoms with E-state index in [2.05, 4.69) is 15.3 Å². The van der Waals surface area contributed by atoms with Crippen molar-refractivity contribution in [1.82, 2.24) is 5.32 Å². The first kappa shape index (κ1) is 22.6. The minimum absolute atomic E-state index is 0.0670. The van der Waals surface area contributed by atoms with Gasteiger partial charge in [-0.05, 0) is 66.6 Å². The molecule has 6 nitrogen and oxygen atoms in total. The number of allylic oxidation sites excluding steroid dienone is 1. The van der Waals surface area contributed by atoms with Crippen LogP contribution in [0.4, 0.5) is 0 Å². The summed E-state index contributed by atoms with van der Waals surface area (Å²) in [7, 11) is 0. The Morgan fingerprint density at radius 3 is 2.15 bits per heavy atom. The van der Waals surface area contributed by atoms with Gasteiger partial charge in [-0.15, -0.1) is 0 Å². The van der Waals surface area contributed by atoms with E-state index in [1.807, 2.05) is 12.1 Å². The molecule has 1 N–H and O–H groups in total. The molecule has 0 aliphatic carbocycles. The number of nitrogens with one attached hydrogen (secondary N) is 1. The molecule has 1 aliphatic heterocycles. The number of carbonyl (C=O) groups excluding carboxylic acids is 3. The Labute approximate surface area is 199 Å². The number of hydrogen-bond acceptors (Lipinski definition) is 4. The highest BCUT2D eigenvalue weighted by atomic mass is 35.5. The summed E-state index contributed by atoms with van der Waals surface area (Å²) >= 11 is 11.7. The van der Waals surface area contributed by atoms with Gasteiger partial charge < -0.3 is 5.32 Å². The zero-order valence-corrected chi connectivity index (χ0v) is 18.7. The monoisotopic (exact) mass is 477 g/mol. The standard InChI is InChI=1S/C25H17Cl2N3O3/c26-18-6-1-15(2-7-18)11-12-28-24(32)17-5-10-20-21(13-17)30-25(33)22(29-20)14-23(31)16-3-8-19(27)9-4-16/h1-10,13-14H,11-12H2,(H,28,32)/b22-14-. The number of rotatable bonds is 6. The third-order valence-corrected chi connectivity index (χ3v) is 5.43. The van der Waals surface area contributed by atoms with Crippen LogP contribution >= 0.6 is 23.2 Å². The third kappa shape index (κ3) is 5.61. The summed E-state index contributed by atoms with van der Waals surface area (Å²) in [4.78, 5) is 45.6. The van der Waals surface area contributed by atoms with Crippen LogP contribution in [-0.2, 0) is 11.2 Å². The fraction of sp³-hybridized carbons (Fsp3) is 0.0800. The topological polar surface area (TPSA) is 88.0 Å². The fourth-order valence-electron chi connectivity index (χ4n) is 3.18. The molecule has 164 valence electrons. The van der Waals surface area contributed by atoms with E-state index >= 15 is 0 Å². The molecule has 2 amide bonds. The summed E-state index contributed by atoms with van der Waals surface area (Å²) in [6, 6.07) is 18.4. The lowest BCUT2D eigenvalue weighted by atomic mass is 10.1. The summed E-state index contributed by atoms with van der Waals surface area (Å²) < 4.78 is 0. The Morgan fingerprint density at radius 2 is 1.45 bits per heavy atom. The molecule has 0 saturated heterocycles. The first-order valence-electron chi connectivity index (χ1n) is 10.0. The summed E-state index contributed by atoms with van der Waals surface area (Å²) in [5.74, 6) is -1.31. The molecule has 3 aromatic rings. The molecule has 4 rings (SSSR count). The van der Waals surface area contributed by atoms with Crippen molar-refractivity contribution in [3.8, 4) is 0 Å². The van der Waals surface area contributed by atoms with Gasteiger partial charge in [0.05, 0.1) is 10.7 Å². The molecule has 8 heteroatoms. The summed E-state index contributed by atoms with van der Waals surface area (Å²) in [6.07, 6.45) is 1.80. The van der Waals surface area contributed by atoms with Gasteiger partial charge in [-0.25, -0.2) is 9.98 Å². The number of benzene rings is 3. The second-order valence-electron chi connectivity index (χ2n) is 7.27. The number of amides is 2. The first-order valence-corrected chi connectivity index (χ1v) is 10.8. The molecule has 0 radical (unpaired) electrons. The van der Waals surface area contributed by atoms with Crippen LogP contribution < -0.4 is 16.0 Å². The zero-order chi connectivity index (χ0) is 23.4. The summed E-state index contributed by atoms with van der Waals surface area (Å²) in [6.45, 7) is 0.442. The molecule has 0 spiro atoms. The quantitative estimate of drug-likeness (QED) is 0.435. The summed E-state index contributed by atoms with van der Waals surface area (Å²) in [5, 5.41) is 4.69. The van der Waals surface area contributed by atoms with Crippen LogP contribution in [0.1, 0.15) is 26.3 Å². The lowest BCUT2D eigenvalue weighted by Gasteiger charge is -2.07. The number of halogens is 2. The molecule has 0 saturated carbocycles. The number of carbonyl (C=O) groups is 3. The van der Waals surface area contributed by atoms with E-state index in [0.29, 0.717) is 39.5 Å². The maximum absolute atomic E-state index is 12.5. The molecule has 3 aromatic carbocycles. The lowest BCUT2D eigenvalue weighted by molar-refractivity contribution is -0.114. The van der Waals surface area contributed by atoms with Crippen molar-refractivity contribution in [2.75, 3.05) is 6.54 Å². The number of ketones is 1. The maximum atomic E-state index is 12.5. The van der Waals surface area contributed by atoms with Crippen LogP contribution in [0, 0.1) is 0 Å². The van der Waals surface area contributed by atoms with E-state index in [1.165, 1.54) is 6.07 Å². The SMILES string of the molecule is O=C1N=c2cc(C(=O)NCCc3ccc(Cl)cc3)ccc2=N/C1=C\C(=O)c1ccc(Cl)cc1. The highest BCUT2D eigenvalue weighted by molar-refractivity contribution is 6.31. The molecule has 0 fully saturated rings. The van der Waals surface area contributed by atoms with Gasteiger partial charge in [0.25, 0.3) is 11.8 Å². The molecule has 1 aliphatic rings. The van der Waals surface area contributed by atoms with Gasteiger partial charge in [-0.3, -0.25) is 14.4 Å². The van der Waals surface area contributed by atoms with Gasteiger partial charge in [-0.2, -0.15) is 0 Å². The number of nitrogens with zero attached hydrogens (tertiary/aromatic N) is 2. The number of hydrogen-bond donors (Lipinski definition) is 1. The predicted octanol–water partition coefficient (Wildman–Crippen LogP) is 3.51. The van der Waals surface area contributed by atoms with Crippen molar-refractivity contribution in [2.45, 2.75) is 6.42 Å². The molecule has 33 heavy (non-hydrogen) atoms. The van der Waals surface area contributed by atoms with E-state index in [9.17, 15) is 14.4 Å². The highest BCUT2D eigenvalue weighted by Crippen LogP contribution is 2.12. The van der Waals surface area contributed by atoms with Crippen molar-refractivity contribution in [2.24, 2.45) is 9.98 Å².